The van der Waals surface area contributed by atoms with Crippen LogP contribution in [0.5, 0.6) is 0 Å². The summed E-state index contributed by atoms with van der Waals surface area (Å²) < 4.78 is 5.59. The van der Waals surface area contributed by atoms with Gasteiger partial charge in [0.15, 0.2) is 0 Å². The van der Waals surface area contributed by atoms with Gasteiger partial charge in [-0.2, -0.15) is 5.26 Å². The molecule has 0 bridgehead atoms. The molecule has 4 nitrogen and oxygen atoms in total. The molecule has 1 aliphatic carbocycles. The molecule has 21 heavy (non-hydrogen) atoms. The van der Waals surface area contributed by atoms with E-state index >= 15 is 0 Å². The zero-order chi connectivity index (χ0) is 15.7. The smallest absolute Gasteiger partial charge is 0.109 e. The van der Waals surface area contributed by atoms with Crippen molar-refractivity contribution in [3.05, 3.63) is 0 Å². The molecule has 2 unspecified atom stereocenters. The minimum atomic E-state index is -0.273. The largest absolute Gasteiger partial charge is 0.377 e. The van der Waals surface area contributed by atoms with E-state index in [1.165, 1.54) is 12.8 Å². The second-order valence-corrected chi connectivity index (χ2v) is 6.61. The van der Waals surface area contributed by atoms with Gasteiger partial charge in [0, 0.05) is 6.54 Å². The Kier molecular flexibility index (Phi) is 8.24. The first-order valence-corrected chi connectivity index (χ1v) is 8.50. The van der Waals surface area contributed by atoms with E-state index < -0.39 is 0 Å². The second kappa shape index (κ2) is 9.40. The van der Waals surface area contributed by atoms with E-state index in [0.717, 1.165) is 45.5 Å². The first-order chi connectivity index (χ1) is 10.0. The molecule has 122 valence electrons. The van der Waals surface area contributed by atoms with Crippen LogP contribution in [-0.2, 0) is 4.74 Å². The number of hydrogen-bond donors (Lipinski definition) is 1. The van der Waals surface area contributed by atoms with Gasteiger partial charge in [0.25, 0.3) is 0 Å². The monoisotopic (exact) mass is 295 g/mol. The SMILES string of the molecule is CCCNC1(C#N)CCCC1CCN(C)CCOC(C)C. The van der Waals surface area contributed by atoms with E-state index in [4.69, 9.17) is 4.74 Å². The van der Waals surface area contributed by atoms with Crippen molar-refractivity contribution >= 4 is 0 Å². The van der Waals surface area contributed by atoms with E-state index in [-0.39, 0.29) is 5.54 Å². The first kappa shape index (κ1) is 18.4. The number of hydrogen-bond acceptors (Lipinski definition) is 4. The average Bonchev–Trinajstić information content (AvgIpc) is 2.86. The Bertz CT molecular complexity index is 326. The number of nitriles is 1. The molecule has 0 aromatic heterocycles. The third-order valence-corrected chi connectivity index (χ3v) is 4.49. The van der Waals surface area contributed by atoms with Crippen LogP contribution in [0, 0.1) is 17.2 Å². The highest BCUT2D eigenvalue weighted by Crippen LogP contribution is 2.37. The molecule has 0 spiro atoms. The Balaban J connectivity index is 2.37. The molecule has 0 aliphatic heterocycles. The molecule has 0 aromatic carbocycles. The Morgan fingerprint density at radius 1 is 1.43 bits per heavy atom. The van der Waals surface area contributed by atoms with Gasteiger partial charge >= 0.3 is 0 Å². The van der Waals surface area contributed by atoms with Crippen molar-refractivity contribution in [3.63, 3.8) is 0 Å². The highest BCUT2D eigenvalue weighted by atomic mass is 16.5. The standard InChI is InChI=1S/C17H33N3O/c1-5-10-19-17(14-18)9-6-7-16(17)8-11-20(4)12-13-21-15(2)3/h15-16,19H,5-13H2,1-4H3. The summed E-state index contributed by atoms with van der Waals surface area (Å²) >= 11 is 0. The third kappa shape index (κ3) is 5.94. The Labute approximate surface area is 130 Å². The number of nitrogens with zero attached hydrogens (tertiary/aromatic N) is 2. The fraction of sp³-hybridized carbons (Fsp3) is 0.941. The number of rotatable bonds is 10. The molecule has 1 aliphatic rings. The molecule has 4 heteroatoms. The number of likely N-dealkylation sites (N-methyl/N-ethyl adjacent to an activating group) is 1. The first-order valence-electron chi connectivity index (χ1n) is 8.50. The normalized spacial score (nSPS) is 25.7. The van der Waals surface area contributed by atoms with Crippen molar-refractivity contribution in [1.29, 1.82) is 5.26 Å². The fourth-order valence-electron chi connectivity index (χ4n) is 3.17. The summed E-state index contributed by atoms with van der Waals surface area (Å²) in [6.45, 7) is 10.0. The van der Waals surface area contributed by atoms with Gasteiger partial charge in [-0.05, 0) is 65.6 Å². The van der Waals surface area contributed by atoms with E-state index in [2.05, 4.69) is 44.1 Å². The maximum atomic E-state index is 9.64. The maximum absolute atomic E-state index is 9.64. The quantitative estimate of drug-likeness (QED) is 0.673. The van der Waals surface area contributed by atoms with Crippen molar-refractivity contribution in [2.45, 2.75) is 64.5 Å². The molecule has 0 heterocycles. The lowest BCUT2D eigenvalue weighted by molar-refractivity contribution is 0.0625. The van der Waals surface area contributed by atoms with Crippen molar-refractivity contribution in [2.75, 3.05) is 33.3 Å². The van der Waals surface area contributed by atoms with Gasteiger partial charge < -0.3 is 9.64 Å². The molecule has 2 atom stereocenters. The van der Waals surface area contributed by atoms with Crippen LogP contribution in [0.25, 0.3) is 0 Å². The Morgan fingerprint density at radius 2 is 2.19 bits per heavy atom. The van der Waals surface area contributed by atoms with Crippen LogP contribution in [-0.4, -0.2) is 49.8 Å². The van der Waals surface area contributed by atoms with Gasteiger partial charge in [-0.15, -0.1) is 0 Å². The van der Waals surface area contributed by atoms with E-state index in [1.807, 2.05) is 0 Å². The molecule has 0 saturated heterocycles. The lowest BCUT2D eigenvalue weighted by Crippen LogP contribution is -2.48. The topological polar surface area (TPSA) is 48.3 Å². The van der Waals surface area contributed by atoms with Crippen molar-refractivity contribution in [3.8, 4) is 6.07 Å². The number of nitrogens with one attached hydrogen (secondary N) is 1. The zero-order valence-corrected chi connectivity index (χ0v) is 14.3. The summed E-state index contributed by atoms with van der Waals surface area (Å²) in [5, 5.41) is 13.2. The van der Waals surface area contributed by atoms with Crippen molar-refractivity contribution in [1.82, 2.24) is 10.2 Å². The average molecular weight is 295 g/mol. The van der Waals surface area contributed by atoms with Crippen LogP contribution < -0.4 is 5.32 Å². The van der Waals surface area contributed by atoms with Crippen molar-refractivity contribution in [2.24, 2.45) is 5.92 Å². The summed E-state index contributed by atoms with van der Waals surface area (Å²) in [4.78, 5) is 2.32. The summed E-state index contributed by atoms with van der Waals surface area (Å²) in [5.74, 6) is 0.488. The van der Waals surface area contributed by atoms with Crippen LogP contribution in [0.15, 0.2) is 0 Å². The molecular formula is C17H33N3O. The van der Waals surface area contributed by atoms with Gasteiger partial charge in [-0.3, -0.25) is 5.32 Å². The Morgan fingerprint density at radius 3 is 2.81 bits per heavy atom. The van der Waals surface area contributed by atoms with E-state index in [9.17, 15) is 5.26 Å². The lowest BCUT2D eigenvalue weighted by Gasteiger charge is -2.31. The predicted octanol–water partition coefficient (Wildman–Crippen LogP) is 2.80. The van der Waals surface area contributed by atoms with Crippen LogP contribution in [0.1, 0.15) is 52.9 Å². The van der Waals surface area contributed by atoms with Crippen LogP contribution >= 0.6 is 0 Å². The molecule has 1 saturated carbocycles. The van der Waals surface area contributed by atoms with Gasteiger partial charge in [0.2, 0.25) is 0 Å². The van der Waals surface area contributed by atoms with Crippen LogP contribution in [0.4, 0.5) is 0 Å². The van der Waals surface area contributed by atoms with Gasteiger partial charge in [0.05, 0.1) is 18.8 Å². The Hall–Kier alpha value is -0.630. The second-order valence-electron chi connectivity index (χ2n) is 6.61. The molecule has 1 N–H and O–H groups in total. The molecule has 0 radical (unpaired) electrons. The number of ether oxygens (including phenoxy) is 1. The molecule has 0 amide bonds. The summed E-state index contributed by atoms with van der Waals surface area (Å²) in [7, 11) is 2.15. The summed E-state index contributed by atoms with van der Waals surface area (Å²) in [6, 6.07) is 2.59. The molecule has 1 rings (SSSR count). The van der Waals surface area contributed by atoms with Gasteiger partial charge in [-0.25, -0.2) is 0 Å². The van der Waals surface area contributed by atoms with Crippen LogP contribution in [0.3, 0.4) is 0 Å². The minimum absolute atomic E-state index is 0.273. The van der Waals surface area contributed by atoms with E-state index in [1.54, 1.807) is 0 Å². The maximum Gasteiger partial charge on any atom is 0.109 e. The molecule has 0 aromatic rings. The molecular weight excluding hydrogens is 262 g/mol. The third-order valence-electron chi connectivity index (χ3n) is 4.49. The lowest BCUT2D eigenvalue weighted by atomic mass is 9.85. The fourth-order valence-corrected chi connectivity index (χ4v) is 3.17. The summed E-state index contributed by atoms with van der Waals surface area (Å²) in [6.07, 6.45) is 5.85. The van der Waals surface area contributed by atoms with Crippen LogP contribution in [0.2, 0.25) is 0 Å². The van der Waals surface area contributed by atoms with Crippen molar-refractivity contribution < 1.29 is 4.74 Å². The minimum Gasteiger partial charge on any atom is -0.377 e. The van der Waals surface area contributed by atoms with Gasteiger partial charge in [-0.1, -0.05) is 13.3 Å². The van der Waals surface area contributed by atoms with E-state index in [0.29, 0.717) is 12.0 Å². The summed E-state index contributed by atoms with van der Waals surface area (Å²) in [5.41, 5.74) is -0.273. The highest BCUT2D eigenvalue weighted by Gasteiger charge is 2.42. The molecule has 1 fully saturated rings. The zero-order valence-electron chi connectivity index (χ0n) is 14.3. The van der Waals surface area contributed by atoms with Gasteiger partial charge in [0.1, 0.15) is 5.54 Å². The predicted molar refractivity (Wildman–Crippen MR) is 87.2 cm³/mol. The highest BCUT2D eigenvalue weighted by molar-refractivity contribution is 5.14.